The van der Waals surface area contributed by atoms with E-state index in [9.17, 15) is 4.79 Å². The Bertz CT molecular complexity index is 702. The fourth-order valence-electron chi connectivity index (χ4n) is 2.14. The van der Waals surface area contributed by atoms with Crippen LogP contribution in [0.25, 0.3) is 5.69 Å². The number of fused-ring (bicyclic) bond motifs is 3. The monoisotopic (exact) mass is 462 g/mol. The van der Waals surface area contributed by atoms with Gasteiger partial charge in [-0.1, -0.05) is 15.9 Å². The molecule has 5 nitrogen and oxygen atoms in total. The molecule has 1 aliphatic rings. The molecule has 0 amide bonds. The maximum absolute atomic E-state index is 11.9. The first-order valence-corrected chi connectivity index (χ1v) is 8.43. The van der Waals surface area contributed by atoms with Gasteiger partial charge < -0.3 is 9.47 Å². The number of hydrogen-bond acceptors (Lipinski definition) is 4. The van der Waals surface area contributed by atoms with E-state index in [2.05, 4.69) is 43.6 Å². The Hall–Kier alpha value is -1.09. The van der Waals surface area contributed by atoms with Gasteiger partial charge in [-0.25, -0.2) is 9.48 Å². The predicted molar refractivity (Wildman–Crippen MR) is 89.4 cm³/mol. The number of aromatic nitrogens is 2. The van der Waals surface area contributed by atoms with Crippen molar-refractivity contribution in [3.8, 4) is 11.4 Å². The van der Waals surface area contributed by atoms with Crippen LogP contribution in [0.4, 0.5) is 0 Å². The van der Waals surface area contributed by atoms with Crippen molar-refractivity contribution < 1.29 is 14.3 Å². The van der Waals surface area contributed by atoms with E-state index in [0.29, 0.717) is 18.9 Å². The molecule has 7 heteroatoms. The molecule has 1 aromatic carbocycles. The van der Waals surface area contributed by atoms with Gasteiger partial charge in [0.1, 0.15) is 18.0 Å². The lowest BCUT2D eigenvalue weighted by molar-refractivity contribution is 0.0519. The van der Waals surface area contributed by atoms with E-state index in [4.69, 9.17) is 9.47 Å². The zero-order valence-corrected chi connectivity index (χ0v) is 14.9. The van der Waals surface area contributed by atoms with Crippen molar-refractivity contribution in [3.05, 3.63) is 39.2 Å². The van der Waals surface area contributed by atoms with Gasteiger partial charge in [0, 0.05) is 3.57 Å². The number of carbonyl (C=O) groups is 1. The molecule has 0 spiro atoms. The molecular formula is C14H12BrIN2O3. The van der Waals surface area contributed by atoms with Crippen LogP contribution in [0.1, 0.15) is 27.9 Å². The summed E-state index contributed by atoms with van der Waals surface area (Å²) >= 11 is 5.81. The van der Waals surface area contributed by atoms with Gasteiger partial charge in [-0.05, 0) is 53.8 Å². The Morgan fingerprint density at radius 1 is 1.57 bits per heavy atom. The van der Waals surface area contributed by atoms with Gasteiger partial charge in [-0.2, -0.15) is 5.10 Å². The number of hydrogen-bond donors (Lipinski definition) is 0. The third-order valence-electron chi connectivity index (χ3n) is 3.08. The van der Waals surface area contributed by atoms with E-state index in [0.717, 1.165) is 20.7 Å². The zero-order chi connectivity index (χ0) is 15.0. The standard InChI is InChI=1S/C14H12BrIN2O3/c1-2-20-14(19)10-6-11-9(15)7-21-13-4-3-8(16)5-12(13)18(11)17-10/h3-6,9H,2,7H2,1H3. The maximum Gasteiger partial charge on any atom is 0.358 e. The number of carbonyl (C=O) groups excluding carboxylic acids is 1. The van der Waals surface area contributed by atoms with Gasteiger partial charge in [0.25, 0.3) is 0 Å². The molecule has 0 saturated heterocycles. The Morgan fingerprint density at radius 3 is 3.14 bits per heavy atom. The van der Waals surface area contributed by atoms with Crippen LogP contribution in [0.5, 0.6) is 5.75 Å². The lowest BCUT2D eigenvalue weighted by Crippen LogP contribution is -2.07. The predicted octanol–water partition coefficient (Wildman–Crippen LogP) is 3.48. The molecule has 0 saturated carbocycles. The van der Waals surface area contributed by atoms with Crippen LogP contribution in [-0.4, -0.2) is 29.0 Å². The summed E-state index contributed by atoms with van der Waals surface area (Å²) in [6.45, 7) is 2.58. The first-order chi connectivity index (χ1) is 10.1. The SMILES string of the molecule is CCOC(=O)c1cc2n(n1)-c1cc(I)ccc1OCC2Br. The van der Waals surface area contributed by atoms with Crippen LogP contribution in [-0.2, 0) is 4.74 Å². The Balaban J connectivity index is 2.14. The largest absolute Gasteiger partial charge is 0.490 e. The first-order valence-electron chi connectivity index (χ1n) is 6.44. The van der Waals surface area contributed by atoms with Crippen LogP contribution >= 0.6 is 38.5 Å². The average molecular weight is 463 g/mol. The van der Waals surface area contributed by atoms with E-state index in [1.807, 2.05) is 18.2 Å². The van der Waals surface area contributed by atoms with E-state index in [1.165, 1.54) is 0 Å². The number of nitrogens with zero attached hydrogens (tertiary/aromatic N) is 2. The third-order valence-corrected chi connectivity index (χ3v) is 4.48. The van der Waals surface area contributed by atoms with Crippen molar-refractivity contribution in [1.29, 1.82) is 0 Å². The molecule has 21 heavy (non-hydrogen) atoms. The van der Waals surface area contributed by atoms with Crippen molar-refractivity contribution in [3.63, 3.8) is 0 Å². The highest BCUT2D eigenvalue weighted by molar-refractivity contribution is 14.1. The van der Waals surface area contributed by atoms with Crippen LogP contribution in [0.3, 0.4) is 0 Å². The molecule has 2 heterocycles. The normalized spacial score (nSPS) is 16.4. The summed E-state index contributed by atoms with van der Waals surface area (Å²) in [6, 6.07) is 7.61. The molecule has 1 unspecified atom stereocenters. The molecule has 3 rings (SSSR count). The molecule has 110 valence electrons. The second kappa shape index (κ2) is 5.96. The average Bonchev–Trinajstić information content (AvgIpc) is 2.86. The molecule has 1 atom stereocenters. The van der Waals surface area contributed by atoms with Gasteiger partial charge >= 0.3 is 5.97 Å². The summed E-state index contributed by atoms with van der Waals surface area (Å²) in [5, 5.41) is 4.39. The molecule has 0 bridgehead atoms. The number of ether oxygens (including phenoxy) is 2. The lowest BCUT2D eigenvalue weighted by atomic mass is 10.2. The fourth-order valence-corrected chi connectivity index (χ4v) is 3.08. The van der Waals surface area contributed by atoms with Crippen molar-refractivity contribution in [1.82, 2.24) is 9.78 Å². The van der Waals surface area contributed by atoms with E-state index >= 15 is 0 Å². The molecule has 0 radical (unpaired) electrons. The number of alkyl halides is 1. The lowest BCUT2D eigenvalue weighted by Gasteiger charge is -2.08. The molecular weight excluding hydrogens is 451 g/mol. The molecule has 1 aromatic heterocycles. The van der Waals surface area contributed by atoms with E-state index in [1.54, 1.807) is 17.7 Å². The van der Waals surface area contributed by atoms with E-state index < -0.39 is 5.97 Å². The van der Waals surface area contributed by atoms with Gasteiger partial charge in [-0.3, -0.25) is 0 Å². The Labute approximate surface area is 143 Å². The summed E-state index contributed by atoms with van der Waals surface area (Å²) in [7, 11) is 0. The molecule has 0 N–H and O–H groups in total. The van der Waals surface area contributed by atoms with Gasteiger partial charge in [0.2, 0.25) is 0 Å². The highest BCUT2D eigenvalue weighted by Gasteiger charge is 2.26. The Morgan fingerprint density at radius 2 is 2.38 bits per heavy atom. The molecule has 0 fully saturated rings. The van der Waals surface area contributed by atoms with Crippen molar-refractivity contribution >= 4 is 44.5 Å². The molecule has 1 aliphatic heterocycles. The summed E-state index contributed by atoms with van der Waals surface area (Å²) in [6.07, 6.45) is 0. The summed E-state index contributed by atoms with van der Waals surface area (Å²) in [5.41, 5.74) is 2.01. The van der Waals surface area contributed by atoms with Crippen LogP contribution in [0.15, 0.2) is 24.3 Å². The summed E-state index contributed by atoms with van der Waals surface area (Å²) < 4.78 is 13.6. The molecule has 2 aromatic rings. The quantitative estimate of drug-likeness (QED) is 0.389. The third kappa shape index (κ3) is 2.80. The number of rotatable bonds is 2. The second-order valence-electron chi connectivity index (χ2n) is 4.48. The number of halogens is 2. The number of esters is 1. The first kappa shape index (κ1) is 14.8. The van der Waals surface area contributed by atoms with Crippen LogP contribution in [0.2, 0.25) is 0 Å². The van der Waals surface area contributed by atoms with Crippen molar-refractivity contribution in [2.45, 2.75) is 11.8 Å². The minimum Gasteiger partial charge on any atom is -0.490 e. The summed E-state index contributed by atoms with van der Waals surface area (Å²) in [4.78, 5) is 11.8. The number of benzene rings is 1. The van der Waals surface area contributed by atoms with Gasteiger partial charge in [-0.15, -0.1) is 0 Å². The minimum atomic E-state index is -0.411. The maximum atomic E-state index is 11.9. The highest BCUT2D eigenvalue weighted by atomic mass is 127. The molecule has 0 aliphatic carbocycles. The highest BCUT2D eigenvalue weighted by Crippen LogP contribution is 2.35. The van der Waals surface area contributed by atoms with Gasteiger partial charge in [0.15, 0.2) is 5.69 Å². The van der Waals surface area contributed by atoms with Crippen molar-refractivity contribution in [2.75, 3.05) is 13.2 Å². The van der Waals surface area contributed by atoms with Crippen LogP contribution in [0, 0.1) is 3.57 Å². The smallest absolute Gasteiger partial charge is 0.358 e. The fraction of sp³-hybridized carbons (Fsp3) is 0.286. The Kier molecular flexibility index (Phi) is 4.21. The van der Waals surface area contributed by atoms with Crippen molar-refractivity contribution in [2.24, 2.45) is 0 Å². The van der Waals surface area contributed by atoms with Gasteiger partial charge in [0.05, 0.1) is 17.1 Å². The zero-order valence-electron chi connectivity index (χ0n) is 11.2. The topological polar surface area (TPSA) is 53.4 Å². The minimum absolute atomic E-state index is 0.0433. The summed E-state index contributed by atoms with van der Waals surface area (Å²) in [5.74, 6) is 0.336. The van der Waals surface area contributed by atoms with E-state index in [-0.39, 0.29) is 4.83 Å². The van der Waals surface area contributed by atoms with Crippen LogP contribution < -0.4 is 4.74 Å². The second-order valence-corrected chi connectivity index (χ2v) is 6.83.